The minimum absolute atomic E-state index is 0.0313. The molecular weight excluding hydrogens is 342 g/mol. The molecule has 1 amide bonds. The fraction of sp³-hybridized carbons (Fsp3) is 0.524. The Hall–Kier alpha value is -2.34. The molecule has 1 aromatic carbocycles. The number of aryl methyl sites for hydroxylation is 1. The fourth-order valence-electron chi connectivity index (χ4n) is 3.71. The highest BCUT2D eigenvalue weighted by molar-refractivity contribution is 5.94. The maximum atomic E-state index is 12.8. The van der Waals surface area contributed by atoms with E-state index in [9.17, 15) is 9.59 Å². The van der Waals surface area contributed by atoms with Crippen LogP contribution in [-0.2, 0) is 11.2 Å². The third-order valence-corrected chi connectivity index (χ3v) is 5.29. The third kappa shape index (κ3) is 4.33. The summed E-state index contributed by atoms with van der Waals surface area (Å²) in [6.45, 7) is 5.43. The first-order valence-electron chi connectivity index (χ1n) is 9.79. The van der Waals surface area contributed by atoms with Crippen molar-refractivity contribution in [1.82, 2.24) is 14.7 Å². The molecule has 27 heavy (non-hydrogen) atoms. The average Bonchev–Trinajstić information content (AvgIpc) is 3.28. The normalized spacial score (nSPS) is 16.6. The monoisotopic (exact) mass is 371 g/mol. The number of nitrogens with zero attached hydrogens (tertiary/aromatic N) is 2. The third-order valence-electron chi connectivity index (χ3n) is 5.29. The summed E-state index contributed by atoms with van der Waals surface area (Å²) in [5.74, 6) is -0.0313. The zero-order valence-corrected chi connectivity index (χ0v) is 16.5. The van der Waals surface area contributed by atoms with E-state index in [1.54, 1.807) is 17.0 Å². The predicted octanol–water partition coefficient (Wildman–Crippen LogP) is 3.07. The number of nitrogens with one attached hydrogen (secondary N) is 1. The molecule has 146 valence electrons. The molecule has 1 aliphatic rings. The van der Waals surface area contributed by atoms with E-state index in [2.05, 4.69) is 5.10 Å². The van der Waals surface area contributed by atoms with Gasteiger partial charge in [0.05, 0.1) is 11.8 Å². The molecule has 1 atom stereocenters. The molecule has 0 saturated carbocycles. The molecule has 1 fully saturated rings. The lowest BCUT2D eigenvalue weighted by molar-refractivity contribution is 0.0763. The van der Waals surface area contributed by atoms with Crippen molar-refractivity contribution < 1.29 is 9.53 Å². The van der Waals surface area contributed by atoms with Gasteiger partial charge in [0.1, 0.15) is 0 Å². The second kappa shape index (κ2) is 8.57. The first kappa shape index (κ1) is 19.4. The van der Waals surface area contributed by atoms with Crippen molar-refractivity contribution in [3.8, 4) is 5.69 Å². The number of carbonyl (C=O) groups is 1. The van der Waals surface area contributed by atoms with Gasteiger partial charge >= 0.3 is 0 Å². The van der Waals surface area contributed by atoms with Crippen LogP contribution in [0.4, 0.5) is 0 Å². The van der Waals surface area contributed by atoms with Gasteiger partial charge in [0.2, 0.25) is 0 Å². The molecule has 3 rings (SSSR count). The number of H-pyrrole nitrogens is 1. The van der Waals surface area contributed by atoms with Crippen molar-refractivity contribution in [2.24, 2.45) is 0 Å². The van der Waals surface area contributed by atoms with Crippen molar-refractivity contribution in [2.45, 2.75) is 52.1 Å². The van der Waals surface area contributed by atoms with E-state index in [-0.39, 0.29) is 11.5 Å². The van der Waals surface area contributed by atoms with Gasteiger partial charge in [-0.25, -0.2) is 4.68 Å². The Bertz CT molecular complexity index is 847. The molecular formula is C21H29N3O3. The largest absolute Gasteiger partial charge is 0.378 e. The van der Waals surface area contributed by atoms with Crippen LogP contribution in [0.5, 0.6) is 0 Å². The summed E-state index contributed by atoms with van der Waals surface area (Å²) >= 11 is 0. The van der Waals surface area contributed by atoms with Gasteiger partial charge in [0.15, 0.2) is 0 Å². The molecule has 6 nitrogen and oxygen atoms in total. The molecule has 0 spiro atoms. The Morgan fingerprint density at radius 2 is 2.22 bits per heavy atom. The molecule has 0 radical (unpaired) electrons. The van der Waals surface area contributed by atoms with E-state index < -0.39 is 0 Å². The number of amides is 1. The van der Waals surface area contributed by atoms with E-state index in [1.807, 2.05) is 33.0 Å². The number of carbonyl (C=O) groups excluding carboxylic acids is 1. The molecule has 1 saturated heterocycles. The van der Waals surface area contributed by atoms with Crippen LogP contribution in [0.1, 0.15) is 54.2 Å². The molecule has 0 unspecified atom stereocenters. The Balaban J connectivity index is 1.69. The minimum atomic E-state index is -0.0514. The highest BCUT2D eigenvalue weighted by Crippen LogP contribution is 2.17. The van der Waals surface area contributed by atoms with Crippen molar-refractivity contribution >= 4 is 5.91 Å². The Kier molecular flexibility index (Phi) is 6.16. The molecule has 2 heterocycles. The zero-order valence-electron chi connectivity index (χ0n) is 16.5. The lowest BCUT2D eigenvalue weighted by Gasteiger charge is -2.18. The maximum absolute atomic E-state index is 12.8. The molecule has 0 bridgehead atoms. The standard InChI is InChI=1S/C21H29N3O3/c1-4-19-15(2)22-24(21(19)26)17-9-5-8-16(14-17)20(25)23(3)12-6-10-18-11-7-13-27-18/h5,8-9,14,18,22H,4,6-7,10-13H2,1-3H3/t18-/m0/s1. The van der Waals surface area contributed by atoms with Crippen LogP contribution in [-0.4, -0.2) is 46.9 Å². The van der Waals surface area contributed by atoms with Gasteiger partial charge in [-0.15, -0.1) is 0 Å². The SMILES string of the molecule is CCc1c(C)[nH]n(-c2cccc(C(=O)N(C)CCC[C@H]3CCCO3)c2)c1=O. The first-order valence-corrected chi connectivity index (χ1v) is 9.79. The molecule has 1 N–H and O–H groups in total. The second-order valence-electron chi connectivity index (χ2n) is 7.26. The average molecular weight is 371 g/mol. The Labute approximate surface area is 160 Å². The highest BCUT2D eigenvalue weighted by atomic mass is 16.5. The maximum Gasteiger partial charge on any atom is 0.274 e. The number of aromatic amines is 1. The number of hydrogen-bond donors (Lipinski definition) is 1. The van der Waals surface area contributed by atoms with Gasteiger partial charge in [0, 0.05) is 37.0 Å². The van der Waals surface area contributed by atoms with Crippen LogP contribution < -0.4 is 5.56 Å². The van der Waals surface area contributed by atoms with Crippen LogP contribution in [0.15, 0.2) is 29.1 Å². The van der Waals surface area contributed by atoms with E-state index in [0.29, 0.717) is 30.3 Å². The Morgan fingerprint density at radius 3 is 2.89 bits per heavy atom. The summed E-state index contributed by atoms with van der Waals surface area (Å²) < 4.78 is 7.15. The second-order valence-corrected chi connectivity index (χ2v) is 7.26. The number of rotatable bonds is 7. The Morgan fingerprint density at radius 1 is 1.41 bits per heavy atom. The van der Waals surface area contributed by atoms with Crippen molar-refractivity contribution in [2.75, 3.05) is 20.2 Å². The number of aromatic nitrogens is 2. The first-order chi connectivity index (χ1) is 13.0. The van der Waals surface area contributed by atoms with Crippen LogP contribution in [0.25, 0.3) is 5.69 Å². The number of benzene rings is 1. The van der Waals surface area contributed by atoms with Gasteiger partial charge in [-0.1, -0.05) is 13.0 Å². The van der Waals surface area contributed by atoms with E-state index in [0.717, 1.165) is 43.5 Å². The summed E-state index contributed by atoms with van der Waals surface area (Å²) in [6, 6.07) is 7.22. The van der Waals surface area contributed by atoms with E-state index in [4.69, 9.17) is 4.74 Å². The van der Waals surface area contributed by atoms with Gasteiger partial charge in [-0.05, 0) is 57.2 Å². The van der Waals surface area contributed by atoms with Crippen molar-refractivity contribution in [3.05, 3.63) is 51.4 Å². The highest BCUT2D eigenvalue weighted by Gasteiger charge is 2.17. The zero-order chi connectivity index (χ0) is 19.4. The van der Waals surface area contributed by atoms with Crippen molar-refractivity contribution in [3.63, 3.8) is 0 Å². The quantitative estimate of drug-likeness (QED) is 0.813. The lowest BCUT2D eigenvalue weighted by Crippen LogP contribution is -2.28. The predicted molar refractivity (Wildman–Crippen MR) is 106 cm³/mol. The number of hydrogen-bond acceptors (Lipinski definition) is 3. The van der Waals surface area contributed by atoms with Crippen molar-refractivity contribution in [1.29, 1.82) is 0 Å². The topological polar surface area (TPSA) is 67.3 Å². The summed E-state index contributed by atoms with van der Waals surface area (Å²) in [4.78, 5) is 27.0. The lowest BCUT2D eigenvalue weighted by atomic mass is 10.1. The van der Waals surface area contributed by atoms with Gasteiger partial charge in [-0.3, -0.25) is 14.7 Å². The molecule has 0 aliphatic carbocycles. The van der Waals surface area contributed by atoms with E-state index in [1.165, 1.54) is 4.68 Å². The van der Waals surface area contributed by atoms with Crippen LogP contribution >= 0.6 is 0 Å². The van der Waals surface area contributed by atoms with Crippen LogP contribution in [0.2, 0.25) is 0 Å². The van der Waals surface area contributed by atoms with Gasteiger partial charge in [0.25, 0.3) is 11.5 Å². The molecule has 1 aromatic heterocycles. The summed E-state index contributed by atoms with van der Waals surface area (Å²) in [5.41, 5.74) is 2.86. The van der Waals surface area contributed by atoms with Crippen LogP contribution in [0, 0.1) is 6.92 Å². The minimum Gasteiger partial charge on any atom is -0.378 e. The molecule has 1 aliphatic heterocycles. The smallest absolute Gasteiger partial charge is 0.274 e. The summed E-state index contributed by atoms with van der Waals surface area (Å²) in [6.07, 6.45) is 5.23. The number of ether oxygens (including phenoxy) is 1. The summed E-state index contributed by atoms with van der Waals surface area (Å²) in [7, 11) is 1.82. The van der Waals surface area contributed by atoms with Gasteiger partial charge in [-0.2, -0.15) is 0 Å². The van der Waals surface area contributed by atoms with Gasteiger partial charge < -0.3 is 9.64 Å². The molecule has 6 heteroatoms. The van der Waals surface area contributed by atoms with E-state index >= 15 is 0 Å². The van der Waals surface area contributed by atoms with Crippen LogP contribution in [0.3, 0.4) is 0 Å². The fourth-order valence-corrected chi connectivity index (χ4v) is 3.71. The summed E-state index contributed by atoms with van der Waals surface area (Å²) in [5, 5.41) is 3.11. The molecule has 2 aromatic rings.